The van der Waals surface area contributed by atoms with Crippen LogP contribution in [0, 0.1) is 0 Å². The van der Waals surface area contributed by atoms with Crippen molar-refractivity contribution >= 4 is 0 Å². The molecule has 1 heterocycles. The zero-order valence-corrected chi connectivity index (χ0v) is 16.0. The molecule has 0 spiro atoms. The zero-order chi connectivity index (χ0) is 18.2. The van der Waals surface area contributed by atoms with E-state index in [9.17, 15) is 5.11 Å². The number of hydrogen-bond donors (Lipinski definition) is 2. The van der Waals surface area contributed by atoms with Crippen molar-refractivity contribution in [2.24, 2.45) is 0 Å². The fourth-order valence-corrected chi connectivity index (χ4v) is 2.93. The summed E-state index contributed by atoms with van der Waals surface area (Å²) < 4.78 is 10.5. The quantitative estimate of drug-likeness (QED) is 0.326. The van der Waals surface area contributed by atoms with E-state index in [-0.39, 0.29) is 19.3 Å². The molecule has 4 nitrogen and oxygen atoms in total. The van der Waals surface area contributed by atoms with E-state index in [1.54, 1.807) is 0 Å². The van der Waals surface area contributed by atoms with Gasteiger partial charge in [-0.15, -0.1) is 0 Å². The second-order valence-corrected chi connectivity index (χ2v) is 6.93. The topological polar surface area (TPSA) is 58.9 Å². The van der Waals surface area contributed by atoms with E-state index in [0.717, 1.165) is 25.7 Å². The highest BCUT2D eigenvalue weighted by atomic mass is 16.9. The van der Waals surface area contributed by atoms with Gasteiger partial charge in [0.1, 0.15) is 6.10 Å². The van der Waals surface area contributed by atoms with E-state index in [2.05, 4.69) is 31.2 Å². The molecule has 0 amide bonds. The minimum atomic E-state index is -1.47. The summed E-state index contributed by atoms with van der Waals surface area (Å²) in [5, 5.41) is 19.0. The van der Waals surface area contributed by atoms with Gasteiger partial charge < -0.3 is 19.7 Å². The molecule has 1 aliphatic heterocycles. The van der Waals surface area contributed by atoms with Crippen molar-refractivity contribution in [3.8, 4) is 0 Å². The molecule has 2 atom stereocenters. The third kappa shape index (κ3) is 11.5. The summed E-state index contributed by atoms with van der Waals surface area (Å²) in [5.41, 5.74) is 0. The molecule has 2 N–H and O–H groups in total. The Morgan fingerprint density at radius 2 is 1.56 bits per heavy atom. The van der Waals surface area contributed by atoms with Gasteiger partial charge in [-0.25, -0.2) is 0 Å². The molecule has 0 aromatic rings. The van der Waals surface area contributed by atoms with E-state index in [4.69, 9.17) is 14.6 Å². The summed E-state index contributed by atoms with van der Waals surface area (Å²) in [7, 11) is 0. The zero-order valence-electron chi connectivity index (χ0n) is 16.0. The summed E-state index contributed by atoms with van der Waals surface area (Å²) in [6, 6.07) is 0. The van der Waals surface area contributed by atoms with Crippen LogP contribution in [0.2, 0.25) is 0 Å². The van der Waals surface area contributed by atoms with Gasteiger partial charge in [0.2, 0.25) is 0 Å². The standard InChI is InChI=1S/C21H38O4/c1-2-3-4-5-6-7-8-9-10-11-12-13-14-15-16-17-21(23)24-19-20(18-22)25-21/h6-7,9-10,20,22-23H,2-5,8,11-19H2,1H3/b7-6+,10-9+. The smallest absolute Gasteiger partial charge is 0.280 e. The highest BCUT2D eigenvalue weighted by Gasteiger charge is 2.38. The maximum atomic E-state index is 10.0. The molecule has 1 aliphatic rings. The second-order valence-electron chi connectivity index (χ2n) is 6.93. The number of ether oxygens (including phenoxy) is 2. The molecule has 146 valence electrons. The van der Waals surface area contributed by atoms with Crippen molar-refractivity contribution in [1.82, 2.24) is 0 Å². The molecule has 25 heavy (non-hydrogen) atoms. The van der Waals surface area contributed by atoms with Crippen LogP contribution in [0.5, 0.6) is 0 Å². The highest BCUT2D eigenvalue weighted by Crippen LogP contribution is 2.26. The first kappa shape index (κ1) is 22.4. The van der Waals surface area contributed by atoms with E-state index in [1.165, 1.54) is 44.9 Å². The normalized spacial score (nSPS) is 24.0. The van der Waals surface area contributed by atoms with E-state index >= 15 is 0 Å². The van der Waals surface area contributed by atoms with Crippen molar-refractivity contribution in [3.05, 3.63) is 24.3 Å². The maximum absolute atomic E-state index is 10.0. The molecule has 1 fully saturated rings. The van der Waals surface area contributed by atoms with Crippen LogP contribution in [0.25, 0.3) is 0 Å². The van der Waals surface area contributed by atoms with Crippen molar-refractivity contribution in [1.29, 1.82) is 0 Å². The number of unbranched alkanes of at least 4 members (excludes halogenated alkanes) is 8. The molecule has 0 aromatic carbocycles. The predicted molar refractivity (Wildman–Crippen MR) is 102 cm³/mol. The Bertz CT molecular complexity index is 367. The van der Waals surface area contributed by atoms with Crippen LogP contribution >= 0.6 is 0 Å². The van der Waals surface area contributed by atoms with Crippen LogP contribution in [0.15, 0.2) is 24.3 Å². The van der Waals surface area contributed by atoms with Gasteiger partial charge in [0.05, 0.1) is 13.2 Å². The number of allylic oxidation sites excluding steroid dienone is 4. The summed E-state index contributed by atoms with van der Waals surface area (Å²) in [4.78, 5) is 0. The Morgan fingerprint density at radius 3 is 2.20 bits per heavy atom. The number of aliphatic hydroxyl groups is 2. The summed E-state index contributed by atoms with van der Waals surface area (Å²) in [6.07, 6.45) is 22.1. The molecule has 0 aliphatic carbocycles. The Morgan fingerprint density at radius 1 is 0.920 bits per heavy atom. The summed E-state index contributed by atoms with van der Waals surface area (Å²) in [6.45, 7) is 2.40. The van der Waals surface area contributed by atoms with Gasteiger partial charge >= 0.3 is 0 Å². The Kier molecular flexibility index (Phi) is 13.0. The van der Waals surface area contributed by atoms with Crippen LogP contribution in [0.4, 0.5) is 0 Å². The van der Waals surface area contributed by atoms with Gasteiger partial charge in [-0.1, -0.05) is 63.3 Å². The average Bonchev–Trinajstić information content (AvgIpc) is 3.00. The molecule has 0 saturated carbocycles. The van der Waals surface area contributed by atoms with E-state index in [0.29, 0.717) is 6.42 Å². The van der Waals surface area contributed by atoms with Crippen LogP contribution in [-0.4, -0.2) is 35.5 Å². The molecular weight excluding hydrogens is 316 g/mol. The lowest BCUT2D eigenvalue weighted by Gasteiger charge is -2.20. The molecule has 0 aromatic heterocycles. The highest BCUT2D eigenvalue weighted by molar-refractivity contribution is 4.92. The fourth-order valence-electron chi connectivity index (χ4n) is 2.93. The number of rotatable bonds is 15. The average molecular weight is 355 g/mol. The monoisotopic (exact) mass is 354 g/mol. The molecule has 1 rings (SSSR count). The molecule has 4 heteroatoms. The first-order chi connectivity index (χ1) is 12.2. The Labute approximate surface area is 153 Å². The van der Waals surface area contributed by atoms with Gasteiger partial charge in [-0.05, 0) is 38.5 Å². The Hall–Kier alpha value is -0.680. The number of hydrogen-bond acceptors (Lipinski definition) is 4. The SMILES string of the molecule is CCCCC/C=C/C/C=C/CCCCCCCC1(O)OCC(CO)O1. The largest absolute Gasteiger partial charge is 0.394 e. The van der Waals surface area contributed by atoms with Gasteiger partial charge in [0, 0.05) is 6.42 Å². The van der Waals surface area contributed by atoms with Crippen LogP contribution in [0.1, 0.15) is 84.0 Å². The minimum Gasteiger partial charge on any atom is -0.394 e. The maximum Gasteiger partial charge on any atom is 0.280 e. The van der Waals surface area contributed by atoms with Gasteiger partial charge in [0.25, 0.3) is 5.97 Å². The van der Waals surface area contributed by atoms with Gasteiger partial charge in [-0.2, -0.15) is 0 Å². The minimum absolute atomic E-state index is 0.107. The molecule has 2 unspecified atom stereocenters. The Balaban J connectivity index is 1.86. The van der Waals surface area contributed by atoms with Crippen molar-refractivity contribution in [2.45, 2.75) is 96.1 Å². The lowest BCUT2D eigenvalue weighted by atomic mass is 10.1. The molecule has 1 saturated heterocycles. The van der Waals surface area contributed by atoms with E-state index < -0.39 is 5.97 Å². The van der Waals surface area contributed by atoms with Crippen LogP contribution in [-0.2, 0) is 9.47 Å². The lowest BCUT2D eigenvalue weighted by molar-refractivity contribution is -0.316. The van der Waals surface area contributed by atoms with Crippen LogP contribution < -0.4 is 0 Å². The lowest BCUT2D eigenvalue weighted by Crippen LogP contribution is -2.30. The summed E-state index contributed by atoms with van der Waals surface area (Å²) >= 11 is 0. The van der Waals surface area contributed by atoms with Crippen molar-refractivity contribution < 1.29 is 19.7 Å². The summed E-state index contributed by atoms with van der Waals surface area (Å²) in [5.74, 6) is -1.47. The van der Waals surface area contributed by atoms with Crippen molar-refractivity contribution in [3.63, 3.8) is 0 Å². The second kappa shape index (κ2) is 14.5. The first-order valence-corrected chi connectivity index (χ1v) is 10.1. The predicted octanol–water partition coefficient (Wildman–Crippen LogP) is 4.85. The fraction of sp³-hybridized carbons (Fsp3) is 0.810. The first-order valence-electron chi connectivity index (χ1n) is 10.1. The van der Waals surface area contributed by atoms with Crippen LogP contribution in [0.3, 0.4) is 0 Å². The van der Waals surface area contributed by atoms with E-state index in [1.807, 2.05) is 0 Å². The third-order valence-corrected chi connectivity index (χ3v) is 4.49. The van der Waals surface area contributed by atoms with Crippen molar-refractivity contribution in [2.75, 3.05) is 13.2 Å². The number of aliphatic hydroxyl groups excluding tert-OH is 1. The molecule has 0 radical (unpaired) electrons. The van der Waals surface area contributed by atoms with Gasteiger partial charge in [-0.3, -0.25) is 0 Å². The molecule has 0 bridgehead atoms. The van der Waals surface area contributed by atoms with Gasteiger partial charge in [0.15, 0.2) is 0 Å². The molecular formula is C21H38O4. The third-order valence-electron chi connectivity index (χ3n) is 4.49.